The molecular weight excluding hydrogens is 474 g/mol. The molecule has 0 bridgehead atoms. The lowest BCUT2D eigenvalue weighted by molar-refractivity contribution is -0.148. The summed E-state index contributed by atoms with van der Waals surface area (Å²) >= 11 is 1.44. The van der Waals surface area contributed by atoms with Gasteiger partial charge in [-0.25, -0.2) is 22.4 Å². The van der Waals surface area contributed by atoms with Crippen molar-refractivity contribution in [3.05, 3.63) is 64.9 Å². The van der Waals surface area contributed by atoms with Crippen LogP contribution in [0.4, 0.5) is 17.6 Å². The van der Waals surface area contributed by atoms with Crippen LogP contribution in [-0.4, -0.2) is 41.6 Å². The van der Waals surface area contributed by atoms with Crippen molar-refractivity contribution in [2.24, 2.45) is 0 Å². The molecule has 1 saturated heterocycles. The van der Waals surface area contributed by atoms with Gasteiger partial charge in [-0.05, 0) is 37.6 Å². The predicted molar refractivity (Wildman–Crippen MR) is 119 cm³/mol. The first-order valence-corrected chi connectivity index (χ1v) is 11.6. The number of fused-ring (bicyclic) bond motifs is 1. The summed E-state index contributed by atoms with van der Waals surface area (Å²) in [6.07, 6.45) is 1.11. The molecule has 4 rings (SSSR count). The molecule has 2 heterocycles. The fraction of sp³-hybridized carbons (Fsp3) is 0.292. The fourth-order valence-corrected chi connectivity index (χ4v) is 5.19. The van der Waals surface area contributed by atoms with Gasteiger partial charge < -0.3 is 9.47 Å². The number of carbonyl (C=O) groups is 2. The van der Waals surface area contributed by atoms with Crippen molar-refractivity contribution in [2.45, 2.75) is 19.3 Å². The molecule has 2 aromatic carbocycles. The summed E-state index contributed by atoms with van der Waals surface area (Å²) in [7, 11) is 0. The third-order valence-corrected chi connectivity index (χ3v) is 6.98. The normalized spacial score (nSPS) is 14.5. The highest BCUT2D eigenvalue weighted by molar-refractivity contribution is 8.00. The van der Waals surface area contributed by atoms with Crippen LogP contribution in [0.1, 0.15) is 29.8 Å². The summed E-state index contributed by atoms with van der Waals surface area (Å²) in [4.78, 5) is 30.0. The van der Waals surface area contributed by atoms with Crippen molar-refractivity contribution in [3.8, 4) is 11.1 Å². The number of rotatable bonds is 6. The maximum Gasteiger partial charge on any atom is 0.340 e. The van der Waals surface area contributed by atoms with Crippen LogP contribution in [-0.2, 0) is 19.7 Å². The first-order valence-electron chi connectivity index (χ1n) is 10.4. The number of carbonyl (C=O) groups excluding carboxylic acids is 2. The predicted octanol–water partition coefficient (Wildman–Crippen LogP) is 5.18. The Labute approximate surface area is 196 Å². The Kier molecular flexibility index (Phi) is 6.53. The summed E-state index contributed by atoms with van der Waals surface area (Å²) in [6.45, 7) is 3.40. The number of nitrogens with zero attached hydrogens (tertiary/aromatic N) is 1. The van der Waals surface area contributed by atoms with Crippen LogP contribution in [0.2, 0.25) is 0 Å². The molecule has 178 valence electrons. The van der Waals surface area contributed by atoms with Gasteiger partial charge in [0.25, 0.3) is 0 Å². The molecule has 34 heavy (non-hydrogen) atoms. The molecule has 0 spiro atoms. The quantitative estimate of drug-likeness (QED) is 0.268. The van der Waals surface area contributed by atoms with Crippen LogP contribution in [0, 0.1) is 23.3 Å². The molecule has 1 aliphatic heterocycles. The van der Waals surface area contributed by atoms with Crippen LogP contribution >= 0.6 is 11.8 Å². The smallest absolute Gasteiger partial charge is 0.340 e. The average Bonchev–Trinajstić information content (AvgIpc) is 2.76. The number of benzene rings is 2. The second-order valence-corrected chi connectivity index (χ2v) is 8.62. The lowest BCUT2D eigenvalue weighted by Crippen LogP contribution is -2.50. The van der Waals surface area contributed by atoms with Crippen LogP contribution < -0.4 is 0 Å². The van der Waals surface area contributed by atoms with Gasteiger partial charge in [0.15, 0.2) is 11.6 Å². The SMILES string of the molecule is CCOC(=O)c1cnc2c(-c3cc(F)cc(F)c3F)c(F)ccc2c1C1(C(=O)OCC)CSC1. The van der Waals surface area contributed by atoms with Gasteiger partial charge in [0, 0.05) is 40.3 Å². The van der Waals surface area contributed by atoms with Gasteiger partial charge in [-0.3, -0.25) is 9.78 Å². The highest BCUT2D eigenvalue weighted by atomic mass is 32.2. The Morgan fingerprint density at radius 2 is 1.74 bits per heavy atom. The maximum atomic E-state index is 15.0. The Morgan fingerprint density at radius 1 is 1.03 bits per heavy atom. The van der Waals surface area contributed by atoms with Crippen molar-refractivity contribution >= 4 is 34.6 Å². The number of ether oxygens (including phenoxy) is 2. The van der Waals surface area contributed by atoms with E-state index in [1.54, 1.807) is 13.8 Å². The zero-order valence-corrected chi connectivity index (χ0v) is 19.0. The molecule has 0 aliphatic carbocycles. The van der Waals surface area contributed by atoms with Crippen molar-refractivity contribution in [2.75, 3.05) is 24.7 Å². The molecule has 0 saturated carbocycles. The lowest BCUT2D eigenvalue weighted by Gasteiger charge is -2.40. The molecule has 0 radical (unpaired) electrons. The Hall–Kier alpha value is -3.14. The van der Waals surface area contributed by atoms with E-state index in [1.807, 2.05) is 0 Å². The number of aromatic nitrogens is 1. The van der Waals surface area contributed by atoms with Crippen LogP contribution in [0.5, 0.6) is 0 Å². The second-order valence-electron chi connectivity index (χ2n) is 7.63. The van der Waals surface area contributed by atoms with Gasteiger partial charge in [0.05, 0.1) is 24.3 Å². The van der Waals surface area contributed by atoms with E-state index in [0.29, 0.717) is 12.1 Å². The molecule has 0 unspecified atom stereocenters. The zero-order chi connectivity index (χ0) is 24.6. The third kappa shape index (κ3) is 3.79. The van der Waals surface area contributed by atoms with Crippen LogP contribution in [0.15, 0.2) is 30.5 Å². The first kappa shape index (κ1) is 24.0. The van der Waals surface area contributed by atoms with Gasteiger partial charge in [0.2, 0.25) is 0 Å². The average molecular weight is 493 g/mol. The molecular formula is C24H19F4NO4S. The van der Waals surface area contributed by atoms with E-state index < -0.39 is 51.7 Å². The van der Waals surface area contributed by atoms with E-state index in [4.69, 9.17) is 9.47 Å². The van der Waals surface area contributed by atoms with E-state index in [-0.39, 0.29) is 46.7 Å². The molecule has 3 aromatic rings. The minimum absolute atomic E-state index is 0.0221. The summed E-state index contributed by atoms with van der Waals surface area (Å²) in [5.74, 6) is -5.82. The van der Waals surface area contributed by atoms with Crippen LogP contribution in [0.25, 0.3) is 22.0 Å². The summed E-state index contributed by atoms with van der Waals surface area (Å²) in [6, 6.07) is 3.29. The van der Waals surface area contributed by atoms with Gasteiger partial charge >= 0.3 is 11.9 Å². The van der Waals surface area contributed by atoms with Gasteiger partial charge in [0.1, 0.15) is 17.0 Å². The standard InChI is InChI=1S/C24H19F4NO4S/c1-3-32-22(30)15-9-29-21-13(19(15)24(10-34-11-24)23(31)33-4-2)5-6-16(26)18(21)14-7-12(25)8-17(27)20(14)28/h5-9H,3-4,10-11H2,1-2H3. The number of esters is 2. The van der Waals surface area contributed by atoms with E-state index in [9.17, 15) is 27.2 Å². The molecule has 0 amide bonds. The summed E-state index contributed by atoms with van der Waals surface area (Å²) in [5.41, 5.74) is -2.40. The first-order chi connectivity index (χ1) is 16.2. The second kappa shape index (κ2) is 9.25. The molecule has 10 heteroatoms. The number of halogens is 4. The highest BCUT2D eigenvalue weighted by Gasteiger charge is 2.51. The van der Waals surface area contributed by atoms with E-state index in [0.717, 1.165) is 12.3 Å². The van der Waals surface area contributed by atoms with Crippen molar-refractivity contribution in [1.29, 1.82) is 0 Å². The highest BCUT2D eigenvalue weighted by Crippen LogP contribution is 2.47. The number of hydrogen-bond donors (Lipinski definition) is 0. The van der Waals surface area contributed by atoms with E-state index in [1.165, 1.54) is 17.8 Å². The minimum Gasteiger partial charge on any atom is -0.465 e. The zero-order valence-electron chi connectivity index (χ0n) is 18.2. The number of hydrogen-bond acceptors (Lipinski definition) is 6. The molecule has 0 N–H and O–H groups in total. The molecule has 1 aromatic heterocycles. The fourth-order valence-electron chi connectivity index (χ4n) is 4.05. The molecule has 5 nitrogen and oxygen atoms in total. The maximum absolute atomic E-state index is 15.0. The molecule has 0 atom stereocenters. The van der Waals surface area contributed by atoms with Crippen molar-refractivity contribution in [1.82, 2.24) is 4.98 Å². The number of pyridine rings is 1. The minimum atomic E-state index is -1.49. The Bertz CT molecular complexity index is 1310. The Balaban J connectivity index is 2.09. The largest absolute Gasteiger partial charge is 0.465 e. The summed E-state index contributed by atoms with van der Waals surface area (Å²) < 4.78 is 67.9. The summed E-state index contributed by atoms with van der Waals surface area (Å²) in [5, 5.41) is 0.152. The van der Waals surface area contributed by atoms with Gasteiger partial charge in [-0.2, -0.15) is 11.8 Å². The van der Waals surface area contributed by atoms with Crippen molar-refractivity contribution < 1.29 is 36.6 Å². The monoisotopic (exact) mass is 493 g/mol. The van der Waals surface area contributed by atoms with E-state index >= 15 is 0 Å². The van der Waals surface area contributed by atoms with Gasteiger partial charge in [-0.15, -0.1) is 0 Å². The molecule has 1 fully saturated rings. The Morgan fingerprint density at radius 3 is 2.35 bits per heavy atom. The lowest BCUT2D eigenvalue weighted by atomic mass is 9.78. The van der Waals surface area contributed by atoms with E-state index in [2.05, 4.69) is 4.98 Å². The topological polar surface area (TPSA) is 65.5 Å². The van der Waals surface area contributed by atoms with Crippen molar-refractivity contribution in [3.63, 3.8) is 0 Å². The molecule has 1 aliphatic rings. The third-order valence-electron chi connectivity index (χ3n) is 5.59. The number of thioether (sulfide) groups is 1. The van der Waals surface area contributed by atoms with Gasteiger partial charge in [-0.1, -0.05) is 0 Å². The van der Waals surface area contributed by atoms with Crippen LogP contribution in [0.3, 0.4) is 0 Å².